The lowest BCUT2D eigenvalue weighted by atomic mass is 10.0. The van der Waals surface area contributed by atoms with Gasteiger partial charge in [-0.25, -0.2) is 0 Å². The Morgan fingerprint density at radius 2 is 0.781 bits per heavy atom. The van der Waals surface area contributed by atoms with E-state index >= 15 is 0 Å². The van der Waals surface area contributed by atoms with Gasteiger partial charge in [0.05, 0.1) is 40.3 Å². The van der Waals surface area contributed by atoms with Crippen molar-refractivity contribution < 1.29 is 42.9 Å². The summed E-state index contributed by atoms with van der Waals surface area (Å²) in [6, 6.07) is 0. The lowest BCUT2D eigenvalue weighted by molar-refractivity contribution is -0.870. The van der Waals surface area contributed by atoms with E-state index in [1.54, 1.807) is 0 Å². The molecule has 0 fully saturated rings. The Bertz CT molecular complexity index is 1560. The molecule has 9 heteroatoms. The van der Waals surface area contributed by atoms with Gasteiger partial charge < -0.3 is 33.3 Å². The minimum absolute atomic E-state index is 0.133. The average Bonchev–Trinajstić information content (AvgIpc) is 3.36. The molecule has 0 aromatic carbocycles. The zero-order valence-corrected chi connectivity index (χ0v) is 47.2. The number of hydrogen-bond donors (Lipinski definition) is 0. The number of carboxylic acid groups (broad SMARTS) is 1. The van der Waals surface area contributed by atoms with E-state index in [9.17, 15) is 19.5 Å². The molecule has 0 aliphatic carbocycles. The van der Waals surface area contributed by atoms with Gasteiger partial charge in [-0.2, -0.15) is 0 Å². The molecule has 0 aliphatic heterocycles. The summed E-state index contributed by atoms with van der Waals surface area (Å²) in [4.78, 5) is 37.3. The van der Waals surface area contributed by atoms with E-state index in [4.69, 9.17) is 18.9 Å². The van der Waals surface area contributed by atoms with Crippen LogP contribution in [0.15, 0.2) is 109 Å². The number of carbonyl (C=O) groups excluding carboxylic acids is 3. The molecule has 0 aromatic rings. The summed E-state index contributed by atoms with van der Waals surface area (Å²) >= 11 is 0. The van der Waals surface area contributed by atoms with Gasteiger partial charge in [-0.05, 0) is 103 Å². The SMILES string of the molecule is CC/C=C\C/C=C\C/C=C\C/C=C\C/C=C\C/C=C\CCCCC(=O)OC(COC(=O)CCCCCCCCCCCCCC/C=C\C/C=C\C/C=C\CCCCCCC)COC(OCC[N+](C)(C)C)C(=O)[O-]. The first-order valence-electron chi connectivity index (χ1n) is 29.0. The number of likely N-dealkylation sites (N-methyl/N-ethyl adjacent to an activating group) is 1. The van der Waals surface area contributed by atoms with Crippen LogP contribution in [0.3, 0.4) is 0 Å². The number of carboxylic acids is 1. The van der Waals surface area contributed by atoms with Crippen molar-refractivity contribution in [2.24, 2.45) is 0 Å². The Hall–Kier alpha value is -4.05. The van der Waals surface area contributed by atoms with E-state index in [0.717, 1.165) is 83.5 Å². The number of ether oxygens (including phenoxy) is 4. The molecule has 416 valence electrons. The van der Waals surface area contributed by atoms with Crippen molar-refractivity contribution in [2.75, 3.05) is 47.5 Å². The zero-order chi connectivity index (χ0) is 53.4. The first kappa shape index (κ1) is 69.0. The number of quaternary nitrogens is 1. The van der Waals surface area contributed by atoms with E-state index in [1.807, 2.05) is 21.1 Å². The third-order valence-electron chi connectivity index (χ3n) is 12.0. The molecular formula is C64H107NO8. The molecule has 0 bridgehead atoms. The lowest BCUT2D eigenvalue weighted by Gasteiger charge is -2.26. The molecule has 0 rings (SSSR count). The Kier molecular flexibility index (Phi) is 51.2. The van der Waals surface area contributed by atoms with Gasteiger partial charge in [0.2, 0.25) is 0 Å². The predicted octanol–water partition coefficient (Wildman–Crippen LogP) is 15.8. The van der Waals surface area contributed by atoms with Crippen molar-refractivity contribution in [3.05, 3.63) is 109 Å². The van der Waals surface area contributed by atoms with Crippen LogP contribution in [-0.2, 0) is 33.3 Å². The van der Waals surface area contributed by atoms with Gasteiger partial charge in [0.1, 0.15) is 13.2 Å². The van der Waals surface area contributed by atoms with E-state index in [1.165, 1.54) is 103 Å². The summed E-state index contributed by atoms with van der Waals surface area (Å²) in [6.07, 6.45) is 71.4. The van der Waals surface area contributed by atoms with Crippen LogP contribution in [0.25, 0.3) is 0 Å². The quantitative estimate of drug-likeness (QED) is 0.0195. The topological polar surface area (TPSA) is 111 Å². The molecule has 2 atom stereocenters. The molecule has 2 unspecified atom stereocenters. The van der Waals surface area contributed by atoms with Crippen LogP contribution in [0.2, 0.25) is 0 Å². The van der Waals surface area contributed by atoms with Gasteiger partial charge in [-0.3, -0.25) is 9.59 Å². The van der Waals surface area contributed by atoms with Crippen molar-refractivity contribution in [1.29, 1.82) is 0 Å². The number of carbonyl (C=O) groups is 3. The van der Waals surface area contributed by atoms with Crippen molar-refractivity contribution in [1.82, 2.24) is 0 Å². The highest BCUT2D eigenvalue weighted by Crippen LogP contribution is 2.15. The fourth-order valence-electron chi connectivity index (χ4n) is 7.55. The molecule has 0 radical (unpaired) electrons. The average molecular weight is 1020 g/mol. The van der Waals surface area contributed by atoms with E-state index < -0.39 is 24.3 Å². The number of esters is 2. The Labute approximate surface area is 447 Å². The number of aliphatic carboxylic acids is 1. The van der Waals surface area contributed by atoms with Crippen LogP contribution in [0.4, 0.5) is 0 Å². The molecule has 0 saturated heterocycles. The fraction of sp³-hybridized carbons (Fsp3) is 0.672. The molecule has 0 spiro atoms. The standard InChI is InChI=1S/C64H107NO8/c1-6-8-10-12-14-16-18-20-22-24-26-28-29-30-31-32-33-35-36-38-40-42-44-46-48-50-52-54-61(66)71-58-60(59-72-64(63(68)69)70-57-56-65(3,4)5)73-62(67)55-53-51-49-47-45-43-41-39-37-34-27-25-23-21-19-17-15-13-11-9-7-2/h9,11,15,17-18,20-21,23-24,26-27,29-30,34,39,41,45,47,60,64H,6-8,10,12-14,16,19,22,25,28,31-33,35-38,40,42-44,46,48-59H2,1-5H3/b11-9-,17-15-,20-18-,23-21-,26-24-,30-29-,34-27-,41-39-,47-45-. The van der Waals surface area contributed by atoms with Crippen LogP contribution in [0, 0.1) is 0 Å². The molecule has 0 aromatic heterocycles. The first-order valence-corrected chi connectivity index (χ1v) is 29.0. The highest BCUT2D eigenvalue weighted by atomic mass is 16.7. The van der Waals surface area contributed by atoms with Gasteiger partial charge in [-0.15, -0.1) is 0 Å². The molecule has 73 heavy (non-hydrogen) atoms. The van der Waals surface area contributed by atoms with Crippen LogP contribution in [0.5, 0.6) is 0 Å². The lowest BCUT2D eigenvalue weighted by Crippen LogP contribution is -2.44. The second kappa shape index (κ2) is 54.2. The predicted molar refractivity (Wildman–Crippen MR) is 306 cm³/mol. The third kappa shape index (κ3) is 55.5. The van der Waals surface area contributed by atoms with Crippen molar-refractivity contribution >= 4 is 17.9 Å². The third-order valence-corrected chi connectivity index (χ3v) is 12.0. The van der Waals surface area contributed by atoms with Crippen molar-refractivity contribution in [3.8, 4) is 0 Å². The van der Waals surface area contributed by atoms with Crippen molar-refractivity contribution in [2.45, 2.75) is 232 Å². The maximum atomic E-state index is 12.8. The number of hydrogen-bond acceptors (Lipinski definition) is 8. The first-order chi connectivity index (χ1) is 35.6. The van der Waals surface area contributed by atoms with Gasteiger partial charge in [0.25, 0.3) is 0 Å². The smallest absolute Gasteiger partial charge is 0.306 e. The molecule has 0 amide bonds. The Morgan fingerprint density at radius 3 is 1.19 bits per heavy atom. The monoisotopic (exact) mass is 1020 g/mol. The highest BCUT2D eigenvalue weighted by Gasteiger charge is 2.22. The number of rotatable bonds is 52. The summed E-state index contributed by atoms with van der Waals surface area (Å²) in [5, 5.41) is 11.8. The summed E-state index contributed by atoms with van der Waals surface area (Å²) in [5.41, 5.74) is 0. The maximum Gasteiger partial charge on any atom is 0.306 e. The second-order valence-electron chi connectivity index (χ2n) is 20.2. The molecule has 0 saturated carbocycles. The number of unbranched alkanes of at least 4 members (excludes halogenated alkanes) is 19. The minimum atomic E-state index is -1.64. The fourth-order valence-corrected chi connectivity index (χ4v) is 7.55. The molecule has 9 nitrogen and oxygen atoms in total. The molecule has 0 aliphatic rings. The Balaban J connectivity index is 4.32. The molecule has 0 heterocycles. The minimum Gasteiger partial charge on any atom is -0.545 e. The van der Waals surface area contributed by atoms with Gasteiger partial charge in [0.15, 0.2) is 12.4 Å². The van der Waals surface area contributed by atoms with E-state index in [0.29, 0.717) is 17.4 Å². The normalized spacial score (nSPS) is 13.6. The van der Waals surface area contributed by atoms with Crippen LogP contribution in [-0.4, -0.2) is 82.3 Å². The zero-order valence-electron chi connectivity index (χ0n) is 47.2. The Morgan fingerprint density at radius 1 is 0.425 bits per heavy atom. The molecular weight excluding hydrogens is 911 g/mol. The van der Waals surface area contributed by atoms with Gasteiger partial charge in [0, 0.05) is 12.8 Å². The summed E-state index contributed by atoms with van der Waals surface area (Å²) in [6.45, 7) is 4.56. The van der Waals surface area contributed by atoms with E-state index in [-0.39, 0.29) is 38.6 Å². The summed E-state index contributed by atoms with van der Waals surface area (Å²) in [5.74, 6) is -2.36. The molecule has 0 N–H and O–H groups in total. The second-order valence-corrected chi connectivity index (χ2v) is 20.2. The van der Waals surface area contributed by atoms with Crippen LogP contribution in [0.1, 0.15) is 219 Å². The summed E-state index contributed by atoms with van der Waals surface area (Å²) in [7, 11) is 5.90. The van der Waals surface area contributed by atoms with Crippen molar-refractivity contribution in [3.63, 3.8) is 0 Å². The maximum absolute atomic E-state index is 12.8. The van der Waals surface area contributed by atoms with Crippen LogP contribution < -0.4 is 5.11 Å². The van der Waals surface area contributed by atoms with Crippen LogP contribution >= 0.6 is 0 Å². The van der Waals surface area contributed by atoms with Gasteiger partial charge in [-0.1, -0.05) is 213 Å². The number of nitrogens with zero attached hydrogens (tertiary/aromatic N) is 1. The van der Waals surface area contributed by atoms with E-state index in [2.05, 4.69) is 123 Å². The van der Waals surface area contributed by atoms with Gasteiger partial charge >= 0.3 is 11.9 Å². The number of allylic oxidation sites excluding steroid dienone is 18. The highest BCUT2D eigenvalue weighted by molar-refractivity contribution is 5.70. The summed E-state index contributed by atoms with van der Waals surface area (Å²) < 4.78 is 22.6. The largest absolute Gasteiger partial charge is 0.545 e.